The van der Waals surface area contributed by atoms with Gasteiger partial charge in [-0.3, -0.25) is 0 Å². The minimum Gasteiger partial charge on any atom is -0.198 e. The molecule has 0 fully saturated rings. The quantitative estimate of drug-likeness (QED) is 0.556. The SMILES string of the molecule is CCCCCCc1cccc2c1C(CCC#N)c1ccccc1-2. The summed E-state index contributed by atoms with van der Waals surface area (Å²) in [5.74, 6) is 0.406. The number of unbranched alkanes of at least 4 members (excludes halogenated alkanes) is 3. The monoisotopic (exact) mass is 303 g/mol. The summed E-state index contributed by atoms with van der Waals surface area (Å²) < 4.78 is 0. The summed E-state index contributed by atoms with van der Waals surface area (Å²) in [6.45, 7) is 2.26. The number of fused-ring (bicyclic) bond motifs is 3. The van der Waals surface area contributed by atoms with Gasteiger partial charge < -0.3 is 0 Å². The van der Waals surface area contributed by atoms with Crippen molar-refractivity contribution in [1.82, 2.24) is 0 Å². The normalized spacial score (nSPS) is 15.0. The van der Waals surface area contributed by atoms with Crippen LogP contribution in [0, 0.1) is 11.3 Å². The molecule has 1 heteroatoms. The van der Waals surface area contributed by atoms with Crippen LogP contribution in [0.15, 0.2) is 42.5 Å². The fourth-order valence-corrected chi connectivity index (χ4v) is 3.93. The van der Waals surface area contributed by atoms with Gasteiger partial charge in [0.2, 0.25) is 0 Å². The molecule has 0 saturated carbocycles. The van der Waals surface area contributed by atoms with Crippen molar-refractivity contribution in [3.8, 4) is 17.2 Å². The van der Waals surface area contributed by atoms with Crippen LogP contribution in [0.2, 0.25) is 0 Å². The minimum atomic E-state index is 0.406. The molecule has 118 valence electrons. The molecule has 1 unspecified atom stereocenters. The van der Waals surface area contributed by atoms with Gasteiger partial charge in [-0.25, -0.2) is 0 Å². The lowest BCUT2D eigenvalue weighted by atomic mass is 9.87. The summed E-state index contributed by atoms with van der Waals surface area (Å²) in [6, 6.07) is 17.8. The zero-order valence-corrected chi connectivity index (χ0v) is 14.0. The van der Waals surface area contributed by atoms with Crippen molar-refractivity contribution >= 4 is 0 Å². The first-order valence-electron chi connectivity index (χ1n) is 8.94. The Morgan fingerprint density at radius 3 is 2.61 bits per heavy atom. The van der Waals surface area contributed by atoms with Crippen LogP contribution < -0.4 is 0 Å². The van der Waals surface area contributed by atoms with Gasteiger partial charge in [-0.15, -0.1) is 0 Å². The van der Waals surface area contributed by atoms with Crippen molar-refractivity contribution in [2.75, 3.05) is 0 Å². The lowest BCUT2D eigenvalue weighted by Gasteiger charge is -2.16. The fourth-order valence-electron chi connectivity index (χ4n) is 3.93. The van der Waals surface area contributed by atoms with E-state index in [-0.39, 0.29) is 0 Å². The summed E-state index contributed by atoms with van der Waals surface area (Å²) in [5.41, 5.74) is 7.19. The van der Waals surface area contributed by atoms with Crippen LogP contribution in [-0.4, -0.2) is 0 Å². The van der Waals surface area contributed by atoms with Crippen LogP contribution in [0.5, 0.6) is 0 Å². The molecule has 0 aliphatic heterocycles. The summed E-state index contributed by atoms with van der Waals surface area (Å²) in [4.78, 5) is 0. The second-order valence-corrected chi connectivity index (χ2v) is 6.53. The maximum Gasteiger partial charge on any atom is 0.0622 e. The van der Waals surface area contributed by atoms with E-state index in [0.717, 1.165) is 6.42 Å². The third-order valence-electron chi connectivity index (χ3n) is 5.02. The molecular formula is C22H25N. The van der Waals surface area contributed by atoms with E-state index in [9.17, 15) is 0 Å². The highest BCUT2D eigenvalue weighted by Gasteiger charge is 2.29. The molecule has 2 aromatic carbocycles. The van der Waals surface area contributed by atoms with Crippen molar-refractivity contribution in [1.29, 1.82) is 5.26 Å². The molecule has 1 atom stereocenters. The smallest absolute Gasteiger partial charge is 0.0622 e. The Balaban J connectivity index is 1.94. The van der Waals surface area contributed by atoms with E-state index in [1.54, 1.807) is 0 Å². The summed E-state index contributed by atoms with van der Waals surface area (Å²) in [5, 5.41) is 9.04. The van der Waals surface area contributed by atoms with E-state index in [2.05, 4.69) is 55.5 Å². The zero-order valence-electron chi connectivity index (χ0n) is 14.0. The summed E-state index contributed by atoms with van der Waals surface area (Å²) in [7, 11) is 0. The van der Waals surface area contributed by atoms with Crippen molar-refractivity contribution < 1.29 is 0 Å². The van der Waals surface area contributed by atoms with Gasteiger partial charge in [0.25, 0.3) is 0 Å². The number of rotatable bonds is 7. The molecule has 1 aliphatic carbocycles. The molecule has 0 saturated heterocycles. The second kappa shape index (κ2) is 7.47. The first-order valence-corrected chi connectivity index (χ1v) is 8.94. The average molecular weight is 303 g/mol. The van der Waals surface area contributed by atoms with Crippen molar-refractivity contribution in [2.45, 2.75) is 57.8 Å². The highest BCUT2D eigenvalue weighted by Crippen LogP contribution is 2.48. The minimum absolute atomic E-state index is 0.406. The number of hydrogen-bond acceptors (Lipinski definition) is 1. The Kier molecular flexibility index (Phi) is 5.13. The van der Waals surface area contributed by atoms with Crippen LogP contribution in [0.3, 0.4) is 0 Å². The zero-order chi connectivity index (χ0) is 16.1. The Morgan fingerprint density at radius 2 is 1.78 bits per heavy atom. The van der Waals surface area contributed by atoms with Gasteiger partial charge in [-0.2, -0.15) is 5.26 Å². The predicted molar refractivity (Wildman–Crippen MR) is 96.4 cm³/mol. The maximum atomic E-state index is 9.04. The van der Waals surface area contributed by atoms with E-state index >= 15 is 0 Å². The molecule has 1 nitrogen and oxygen atoms in total. The molecule has 0 bridgehead atoms. The van der Waals surface area contributed by atoms with Crippen molar-refractivity contribution in [2.24, 2.45) is 0 Å². The molecule has 3 rings (SSSR count). The van der Waals surface area contributed by atoms with Crippen LogP contribution in [0.1, 0.15) is 68.1 Å². The van der Waals surface area contributed by atoms with E-state index in [0.29, 0.717) is 12.3 Å². The van der Waals surface area contributed by atoms with Crippen molar-refractivity contribution in [3.05, 3.63) is 59.2 Å². The molecule has 0 spiro atoms. The lowest BCUT2D eigenvalue weighted by Crippen LogP contribution is -2.01. The topological polar surface area (TPSA) is 23.8 Å². The van der Waals surface area contributed by atoms with Gasteiger partial charge in [0.05, 0.1) is 6.07 Å². The second-order valence-electron chi connectivity index (χ2n) is 6.53. The number of hydrogen-bond donors (Lipinski definition) is 0. The van der Waals surface area contributed by atoms with Gasteiger partial charge in [0, 0.05) is 12.3 Å². The highest BCUT2D eigenvalue weighted by atomic mass is 14.3. The van der Waals surface area contributed by atoms with Crippen molar-refractivity contribution in [3.63, 3.8) is 0 Å². The number of benzene rings is 2. The average Bonchev–Trinajstić information content (AvgIpc) is 2.92. The third kappa shape index (κ3) is 3.17. The maximum absolute atomic E-state index is 9.04. The molecule has 1 aliphatic rings. The van der Waals surface area contributed by atoms with Gasteiger partial charge in [0.1, 0.15) is 0 Å². The summed E-state index contributed by atoms with van der Waals surface area (Å²) >= 11 is 0. The molecule has 2 aromatic rings. The number of nitriles is 1. The predicted octanol–water partition coefficient (Wildman–Crippen LogP) is 6.23. The Labute approximate surface area is 140 Å². The first-order chi connectivity index (χ1) is 11.4. The lowest BCUT2D eigenvalue weighted by molar-refractivity contribution is 0.659. The largest absolute Gasteiger partial charge is 0.198 e. The molecule has 0 amide bonds. The van der Waals surface area contributed by atoms with Gasteiger partial charge in [0.15, 0.2) is 0 Å². The number of nitrogens with zero attached hydrogens (tertiary/aromatic N) is 1. The van der Waals surface area contributed by atoms with Gasteiger partial charge in [-0.05, 0) is 47.1 Å². The molecule has 0 N–H and O–H groups in total. The standard InChI is InChI=1S/C22H25N/c1-2-3-4-5-10-17-11-8-14-20-18-12-6-7-13-19(18)21(22(17)20)15-9-16-23/h6-8,11-14,21H,2-5,9-10,15H2,1H3. The van der Waals surface area contributed by atoms with E-state index in [1.165, 1.54) is 59.9 Å². The molecule has 0 heterocycles. The Bertz CT molecular complexity index is 708. The third-order valence-corrected chi connectivity index (χ3v) is 5.02. The summed E-state index contributed by atoms with van der Waals surface area (Å²) in [6.07, 6.45) is 7.92. The molecular weight excluding hydrogens is 278 g/mol. The van der Waals surface area contributed by atoms with E-state index in [1.807, 2.05) is 0 Å². The molecule has 23 heavy (non-hydrogen) atoms. The fraction of sp³-hybridized carbons (Fsp3) is 0.409. The Morgan fingerprint density at radius 1 is 0.957 bits per heavy atom. The Hall–Kier alpha value is -2.07. The van der Waals surface area contributed by atoms with Gasteiger partial charge >= 0.3 is 0 Å². The number of aryl methyl sites for hydroxylation is 1. The van der Waals surface area contributed by atoms with Crippen LogP contribution >= 0.6 is 0 Å². The van der Waals surface area contributed by atoms with Gasteiger partial charge in [-0.1, -0.05) is 68.7 Å². The van der Waals surface area contributed by atoms with E-state index < -0.39 is 0 Å². The molecule has 0 aromatic heterocycles. The van der Waals surface area contributed by atoms with Crippen LogP contribution in [-0.2, 0) is 6.42 Å². The van der Waals surface area contributed by atoms with E-state index in [4.69, 9.17) is 5.26 Å². The van der Waals surface area contributed by atoms with Crippen LogP contribution in [0.25, 0.3) is 11.1 Å². The highest BCUT2D eigenvalue weighted by molar-refractivity contribution is 5.80. The first kappa shape index (κ1) is 15.8. The molecule has 0 radical (unpaired) electrons. The van der Waals surface area contributed by atoms with Crippen LogP contribution in [0.4, 0.5) is 0 Å².